The summed E-state index contributed by atoms with van der Waals surface area (Å²) < 4.78 is 0. The lowest BCUT2D eigenvalue weighted by Gasteiger charge is -2.14. The van der Waals surface area contributed by atoms with E-state index < -0.39 is 0 Å². The number of urea groups is 1. The first-order valence-corrected chi connectivity index (χ1v) is 9.09. The number of rotatable bonds is 7. The fraction of sp³-hybridized carbons (Fsp3) is 0.286. The van der Waals surface area contributed by atoms with E-state index in [9.17, 15) is 14.4 Å². The van der Waals surface area contributed by atoms with Crippen LogP contribution in [0.1, 0.15) is 38.3 Å². The summed E-state index contributed by atoms with van der Waals surface area (Å²) in [6.07, 6.45) is 1.28. The van der Waals surface area contributed by atoms with Crippen LogP contribution in [-0.4, -0.2) is 42.4 Å². The Morgan fingerprint density at radius 2 is 1.48 bits per heavy atom. The number of nitrogens with zero attached hydrogens (tertiary/aromatic N) is 1. The maximum Gasteiger partial charge on any atom is 0.314 e. The van der Waals surface area contributed by atoms with Gasteiger partial charge in [-0.15, -0.1) is 0 Å². The van der Waals surface area contributed by atoms with Gasteiger partial charge in [0.1, 0.15) is 0 Å². The third kappa shape index (κ3) is 4.34. The minimum absolute atomic E-state index is 0.244. The maximum atomic E-state index is 12.2. The van der Waals surface area contributed by atoms with Gasteiger partial charge < -0.3 is 10.6 Å². The molecule has 0 saturated heterocycles. The topological polar surface area (TPSA) is 78.5 Å². The molecule has 1 aliphatic heterocycles. The Labute approximate surface area is 158 Å². The Hall–Kier alpha value is -3.15. The van der Waals surface area contributed by atoms with Crippen LogP contribution >= 0.6 is 0 Å². The number of hydrogen-bond donors (Lipinski definition) is 2. The van der Waals surface area contributed by atoms with Crippen molar-refractivity contribution < 1.29 is 14.4 Å². The zero-order valence-corrected chi connectivity index (χ0v) is 15.3. The zero-order chi connectivity index (χ0) is 19.2. The summed E-state index contributed by atoms with van der Waals surface area (Å²) in [5.74, 6) is -0.531. The quantitative estimate of drug-likeness (QED) is 0.585. The molecule has 0 saturated carbocycles. The van der Waals surface area contributed by atoms with Gasteiger partial charge in [0.15, 0.2) is 0 Å². The average Bonchev–Trinajstić information content (AvgIpc) is 2.91. The highest BCUT2D eigenvalue weighted by atomic mass is 16.2. The number of nitrogens with one attached hydrogen (secondary N) is 2. The van der Waals surface area contributed by atoms with Crippen LogP contribution < -0.4 is 10.6 Å². The molecule has 0 aromatic heterocycles. The molecule has 0 aliphatic carbocycles. The SMILES string of the molecule is Cc1ccccc1CCNC(=O)NCCCN1C(=O)c2ccccc2C1=O. The molecule has 6 nitrogen and oxygen atoms in total. The van der Waals surface area contributed by atoms with Crippen molar-refractivity contribution in [3.8, 4) is 0 Å². The summed E-state index contributed by atoms with van der Waals surface area (Å²) in [6.45, 7) is 3.28. The monoisotopic (exact) mass is 365 g/mol. The van der Waals surface area contributed by atoms with Gasteiger partial charge in [-0.2, -0.15) is 0 Å². The second kappa shape index (κ2) is 8.49. The van der Waals surface area contributed by atoms with Crippen molar-refractivity contribution in [2.45, 2.75) is 19.8 Å². The summed E-state index contributed by atoms with van der Waals surface area (Å²) in [7, 11) is 0. The highest BCUT2D eigenvalue weighted by Crippen LogP contribution is 2.22. The van der Waals surface area contributed by atoms with Crippen LogP contribution in [0.3, 0.4) is 0 Å². The van der Waals surface area contributed by atoms with Crippen LogP contribution in [-0.2, 0) is 6.42 Å². The second-order valence-corrected chi connectivity index (χ2v) is 6.52. The van der Waals surface area contributed by atoms with Crippen LogP contribution in [0.2, 0.25) is 0 Å². The predicted octanol–water partition coefficient (Wildman–Crippen LogP) is 2.52. The molecule has 1 aliphatic rings. The lowest BCUT2D eigenvalue weighted by molar-refractivity contribution is 0.0653. The van der Waals surface area contributed by atoms with Gasteiger partial charge in [0.2, 0.25) is 0 Å². The Balaban J connectivity index is 1.36. The smallest absolute Gasteiger partial charge is 0.314 e. The molecule has 3 rings (SSSR count). The van der Waals surface area contributed by atoms with Crippen molar-refractivity contribution in [2.24, 2.45) is 0 Å². The molecule has 2 aromatic carbocycles. The van der Waals surface area contributed by atoms with Gasteiger partial charge in [0, 0.05) is 19.6 Å². The summed E-state index contributed by atoms with van der Waals surface area (Å²) >= 11 is 0. The fourth-order valence-electron chi connectivity index (χ4n) is 3.15. The molecule has 2 aromatic rings. The molecular weight excluding hydrogens is 342 g/mol. The Morgan fingerprint density at radius 3 is 2.15 bits per heavy atom. The zero-order valence-electron chi connectivity index (χ0n) is 15.3. The molecule has 0 radical (unpaired) electrons. The van der Waals surface area contributed by atoms with Crippen LogP contribution in [0, 0.1) is 6.92 Å². The molecule has 140 valence electrons. The van der Waals surface area contributed by atoms with E-state index in [-0.39, 0.29) is 24.4 Å². The Kier molecular flexibility index (Phi) is 5.86. The largest absolute Gasteiger partial charge is 0.338 e. The van der Waals surface area contributed by atoms with E-state index in [4.69, 9.17) is 0 Å². The van der Waals surface area contributed by atoms with Gasteiger partial charge in [-0.05, 0) is 43.0 Å². The van der Waals surface area contributed by atoms with Crippen molar-refractivity contribution >= 4 is 17.8 Å². The summed E-state index contributed by atoms with van der Waals surface area (Å²) in [6, 6.07) is 14.7. The van der Waals surface area contributed by atoms with Crippen LogP contribution in [0.5, 0.6) is 0 Å². The van der Waals surface area contributed by atoms with Gasteiger partial charge >= 0.3 is 6.03 Å². The van der Waals surface area contributed by atoms with Gasteiger partial charge in [-0.25, -0.2) is 4.79 Å². The van der Waals surface area contributed by atoms with E-state index in [2.05, 4.69) is 29.7 Å². The lowest BCUT2D eigenvalue weighted by atomic mass is 10.1. The van der Waals surface area contributed by atoms with Crippen molar-refractivity contribution in [1.29, 1.82) is 0 Å². The van der Waals surface area contributed by atoms with E-state index in [0.29, 0.717) is 30.6 Å². The molecular formula is C21H23N3O3. The Morgan fingerprint density at radius 1 is 0.889 bits per heavy atom. The van der Waals surface area contributed by atoms with Crippen LogP contribution in [0.25, 0.3) is 0 Å². The number of carbonyl (C=O) groups is 3. The number of fused-ring (bicyclic) bond motifs is 1. The molecule has 27 heavy (non-hydrogen) atoms. The second-order valence-electron chi connectivity index (χ2n) is 6.52. The first-order valence-electron chi connectivity index (χ1n) is 9.09. The van der Waals surface area contributed by atoms with Gasteiger partial charge in [0.25, 0.3) is 11.8 Å². The molecule has 0 bridgehead atoms. The van der Waals surface area contributed by atoms with Gasteiger partial charge in [-0.1, -0.05) is 36.4 Å². The molecule has 4 amide bonds. The molecule has 1 heterocycles. The molecule has 6 heteroatoms. The first kappa shape index (κ1) is 18.6. The van der Waals surface area contributed by atoms with Crippen molar-refractivity contribution in [1.82, 2.24) is 15.5 Å². The van der Waals surface area contributed by atoms with E-state index >= 15 is 0 Å². The van der Waals surface area contributed by atoms with Gasteiger partial charge in [0.05, 0.1) is 11.1 Å². The van der Waals surface area contributed by atoms with E-state index in [1.807, 2.05) is 12.1 Å². The normalized spacial score (nSPS) is 12.9. The standard InChI is InChI=1S/C21H23N3O3/c1-15-7-2-3-8-16(15)11-13-23-21(27)22-12-6-14-24-19(25)17-9-4-5-10-18(17)20(24)26/h2-5,7-10H,6,11-14H2,1H3,(H2,22,23,27). The van der Waals surface area contributed by atoms with E-state index in [0.717, 1.165) is 6.42 Å². The van der Waals surface area contributed by atoms with E-state index in [1.54, 1.807) is 24.3 Å². The average molecular weight is 365 g/mol. The van der Waals surface area contributed by atoms with Crippen molar-refractivity contribution in [2.75, 3.05) is 19.6 Å². The number of amides is 4. The lowest BCUT2D eigenvalue weighted by Crippen LogP contribution is -2.39. The third-order valence-electron chi connectivity index (χ3n) is 4.66. The molecule has 0 fully saturated rings. The summed E-state index contributed by atoms with van der Waals surface area (Å²) in [5, 5.41) is 5.58. The number of imide groups is 1. The minimum Gasteiger partial charge on any atom is -0.338 e. The highest BCUT2D eigenvalue weighted by molar-refractivity contribution is 6.21. The van der Waals surface area contributed by atoms with E-state index in [1.165, 1.54) is 16.0 Å². The van der Waals surface area contributed by atoms with Gasteiger partial charge in [-0.3, -0.25) is 14.5 Å². The van der Waals surface area contributed by atoms with Crippen LogP contribution in [0.4, 0.5) is 4.79 Å². The third-order valence-corrected chi connectivity index (χ3v) is 4.66. The maximum absolute atomic E-state index is 12.2. The number of aryl methyl sites for hydroxylation is 1. The van der Waals surface area contributed by atoms with Crippen molar-refractivity contribution in [3.05, 3.63) is 70.8 Å². The summed E-state index contributed by atoms with van der Waals surface area (Å²) in [4.78, 5) is 37.6. The predicted molar refractivity (Wildman–Crippen MR) is 103 cm³/mol. The molecule has 0 unspecified atom stereocenters. The molecule has 2 N–H and O–H groups in total. The molecule has 0 atom stereocenters. The number of hydrogen-bond acceptors (Lipinski definition) is 3. The number of carbonyl (C=O) groups excluding carboxylic acids is 3. The summed E-state index contributed by atoms with van der Waals surface area (Å²) in [5.41, 5.74) is 3.32. The minimum atomic E-state index is -0.265. The van der Waals surface area contributed by atoms with Crippen molar-refractivity contribution in [3.63, 3.8) is 0 Å². The fourth-order valence-corrected chi connectivity index (χ4v) is 3.15. The highest BCUT2D eigenvalue weighted by Gasteiger charge is 2.34. The van der Waals surface area contributed by atoms with Crippen LogP contribution in [0.15, 0.2) is 48.5 Å². The first-order chi connectivity index (χ1) is 13.1. The molecule has 0 spiro atoms. The Bertz CT molecular complexity index is 828. The number of benzene rings is 2.